The van der Waals surface area contributed by atoms with Gasteiger partial charge in [0.15, 0.2) is 5.82 Å². The quantitative estimate of drug-likeness (QED) is 0.671. The lowest BCUT2D eigenvalue weighted by Crippen LogP contribution is -2.24. The van der Waals surface area contributed by atoms with Gasteiger partial charge in [0.25, 0.3) is 0 Å². The number of anilines is 1. The Balaban J connectivity index is 1.36. The first kappa shape index (κ1) is 17.2. The van der Waals surface area contributed by atoms with Gasteiger partial charge >= 0.3 is 0 Å². The van der Waals surface area contributed by atoms with Crippen molar-refractivity contribution in [2.45, 2.75) is 43.9 Å². The molecule has 2 aliphatic rings. The number of aryl methyl sites for hydroxylation is 1. The topological polar surface area (TPSA) is 59.2 Å². The Morgan fingerprint density at radius 1 is 1.11 bits per heavy atom. The van der Waals surface area contributed by atoms with Gasteiger partial charge < -0.3 is 9.42 Å². The van der Waals surface area contributed by atoms with Crippen molar-refractivity contribution >= 4 is 11.6 Å². The number of amides is 1. The van der Waals surface area contributed by atoms with Crippen LogP contribution in [-0.2, 0) is 16.6 Å². The first-order valence-corrected chi connectivity index (χ1v) is 9.98. The van der Waals surface area contributed by atoms with Crippen molar-refractivity contribution in [3.63, 3.8) is 0 Å². The first-order chi connectivity index (χ1) is 13.7. The SMILES string of the molecule is CCc1ccc(N2C[C@H](c3noc(C4(c5ccccc5)CC4)n3)CC2=O)cc1. The lowest BCUT2D eigenvalue weighted by Gasteiger charge is -2.16. The fraction of sp³-hybridized carbons (Fsp3) is 0.348. The van der Waals surface area contributed by atoms with Gasteiger partial charge in [0.05, 0.1) is 5.41 Å². The predicted molar refractivity (Wildman–Crippen MR) is 106 cm³/mol. The third-order valence-electron chi connectivity index (χ3n) is 6.07. The summed E-state index contributed by atoms with van der Waals surface area (Å²) in [6.45, 7) is 2.73. The maximum atomic E-state index is 12.6. The van der Waals surface area contributed by atoms with Crippen LogP contribution in [0.4, 0.5) is 5.69 Å². The molecule has 2 fully saturated rings. The average molecular weight is 373 g/mol. The van der Waals surface area contributed by atoms with Crippen molar-refractivity contribution in [3.05, 3.63) is 77.4 Å². The Morgan fingerprint density at radius 3 is 2.54 bits per heavy atom. The molecule has 1 aliphatic carbocycles. The van der Waals surface area contributed by atoms with E-state index in [1.807, 2.05) is 35.2 Å². The minimum Gasteiger partial charge on any atom is -0.338 e. The molecule has 1 atom stereocenters. The summed E-state index contributed by atoms with van der Waals surface area (Å²) < 4.78 is 5.67. The van der Waals surface area contributed by atoms with Crippen LogP contribution in [0.2, 0.25) is 0 Å². The minimum atomic E-state index is -0.134. The fourth-order valence-corrected chi connectivity index (χ4v) is 4.14. The standard InChI is InChI=1S/C23H23N3O2/c1-2-16-8-10-19(11-9-16)26-15-17(14-20(26)27)21-24-22(28-25-21)23(12-13-23)18-6-4-3-5-7-18/h3-11,17H,2,12-15H2,1H3/t17-/m1/s1. The third kappa shape index (κ3) is 2.82. The first-order valence-electron chi connectivity index (χ1n) is 9.98. The lowest BCUT2D eigenvalue weighted by atomic mass is 9.96. The summed E-state index contributed by atoms with van der Waals surface area (Å²) in [5.41, 5.74) is 3.30. The Morgan fingerprint density at radius 2 is 1.86 bits per heavy atom. The Labute approximate surface area is 164 Å². The Hall–Kier alpha value is -2.95. The molecule has 28 heavy (non-hydrogen) atoms. The molecule has 1 amide bonds. The number of rotatable bonds is 5. The highest BCUT2D eigenvalue weighted by molar-refractivity contribution is 5.96. The van der Waals surface area contributed by atoms with E-state index in [-0.39, 0.29) is 17.2 Å². The van der Waals surface area contributed by atoms with E-state index in [9.17, 15) is 4.79 Å². The maximum Gasteiger partial charge on any atom is 0.237 e. The van der Waals surface area contributed by atoms with Crippen molar-refractivity contribution in [2.24, 2.45) is 0 Å². The summed E-state index contributed by atoms with van der Waals surface area (Å²) in [4.78, 5) is 19.2. The number of carbonyl (C=O) groups excluding carboxylic acids is 1. The summed E-state index contributed by atoms with van der Waals surface area (Å²) in [7, 11) is 0. The molecule has 0 spiro atoms. The molecular formula is C23H23N3O2. The second kappa shape index (κ2) is 6.59. The molecule has 0 radical (unpaired) electrons. The van der Waals surface area contributed by atoms with Gasteiger partial charge in [0.2, 0.25) is 11.8 Å². The molecule has 1 aliphatic heterocycles. The molecule has 3 aromatic rings. The second-order valence-corrected chi connectivity index (χ2v) is 7.83. The second-order valence-electron chi connectivity index (χ2n) is 7.83. The number of hydrogen-bond donors (Lipinski definition) is 0. The van der Waals surface area contributed by atoms with Crippen molar-refractivity contribution in [1.29, 1.82) is 0 Å². The van der Waals surface area contributed by atoms with Gasteiger partial charge in [-0.2, -0.15) is 4.98 Å². The van der Waals surface area contributed by atoms with Crippen LogP contribution in [0.5, 0.6) is 0 Å². The van der Waals surface area contributed by atoms with Crippen LogP contribution >= 0.6 is 0 Å². The van der Waals surface area contributed by atoms with E-state index in [4.69, 9.17) is 9.51 Å². The average Bonchev–Trinajstić information content (AvgIpc) is 3.23. The maximum absolute atomic E-state index is 12.6. The molecule has 5 nitrogen and oxygen atoms in total. The van der Waals surface area contributed by atoms with Gasteiger partial charge in [-0.25, -0.2) is 0 Å². The zero-order chi connectivity index (χ0) is 19.1. The number of carbonyl (C=O) groups is 1. The summed E-state index contributed by atoms with van der Waals surface area (Å²) in [6.07, 6.45) is 3.47. The fourth-order valence-electron chi connectivity index (χ4n) is 4.14. The highest BCUT2D eigenvalue weighted by atomic mass is 16.5. The van der Waals surface area contributed by atoms with Gasteiger partial charge in [-0.05, 0) is 42.5 Å². The molecular weight excluding hydrogens is 350 g/mol. The van der Waals surface area contributed by atoms with Gasteiger partial charge in [-0.1, -0.05) is 54.5 Å². The van der Waals surface area contributed by atoms with E-state index in [1.54, 1.807) is 0 Å². The van der Waals surface area contributed by atoms with E-state index < -0.39 is 0 Å². The number of benzene rings is 2. The van der Waals surface area contributed by atoms with E-state index in [0.717, 1.165) is 24.9 Å². The van der Waals surface area contributed by atoms with Crippen molar-refractivity contribution in [2.75, 3.05) is 11.4 Å². The van der Waals surface area contributed by atoms with Crippen LogP contribution in [0.1, 0.15) is 54.9 Å². The Bertz CT molecular complexity index is 990. The van der Waals surface area contributed by atoms with Crippen LogP contribution in [0.15, 0.2) is 59.1 Å². The number of nitrogens with zero attached hydrogens (tertiary/aromatic N) is 3. The lowest BCUT2D eigenvalue weighted by molar-refractivity contribution is -0.117. The molecule has 0 unspecified atom stereocenters. The highest BCUT2D eigenvalue weighted by Crippen LogP contribution is 2.53. The zero-order valence-corrected chi connectivity index (χ0v) is 16.0. The van der Waals surface area contributed by atoms with Crippen LogP contribution in [0.25, 0.3) is 0 Å². The summed E-state index contributed by atoms with van der Waals surface area (Å²) >= 11 is 0. The normalized spacial score (nSPS) is 20.5. The molecule has 1 aromatic heterocycles. The zero-order valence-electron chi connectivity index (χ0n) is 16.0. The highest BCUT2D eigenvalue weighted by Gasteiger charge is 2.51. The van der Waals surface area contributed by atoms with E-state index in [0.29, 0.717) is 24.7 Å². The molecule has 142 valence electrons. The molecule has 5 heteroatoms. The van der Waals surface area contributed by atoms with Crippen LogP contribution in [0, 0.1) is 0 Å². The van der Waals surface area contributed by atoms with Crippen LogP contribution in [0.3, 0.4) is 0 Å². The van der Waals surface area contributed by atoms with Gasteiger partial charge in [0.1, 0.15) is 0 Å². The monoisotopic (exact) mass is 373 g/mol. The van der Waals surface area contributed by atoms with E-state index >= 15 is 0 Å². The number of hydrogen-bond acceptors (Lipinski definition) is 4. The molecule has 1 saturated carbocycles. The molecule has 1 saturated heterocycles. The Kier molecular flexibility index (Phi) is 4.04. The van der Waals surface area contributed by atoms with Gasteiger partial charge in [-0.3, -0.25) is 4.79 Å². The molecule has 5 rings (SSSR count). The predicted octanol–water partition coefficient (Wildman–Crippen LogP) is 4.23. The molecule has 2 heterocycles. The minimum absolute atomic E-state index is 0.0255. The van der Waals surface area contributed by atoms with Crippen molar-refractivity contribution in [3.8, 4) is 0 Å². The smallest absolute Gasteiger partial charge is 0.237 e. The summed E-state index contributed by atoms with van der Waals surface area (Å²) in [6, 6.07) is 18.6. The third-order valence-corrected chi connectivity index (χ3v) is 6.07. The van der Waals surface area contributed by atoms with Crippen LogP contribution < -0.4 is 4.90 Å². The van der Waals surface area contributed by atoms with Crippen molar-refractivity contribution in [1.82, 2.24) is 10.1 Å². The van der Waals surface area contributed by atoms with Crippen LogP contribution in [-0.4, -0.2) is 22.6 Å². The van der Waals surface area contributed by atoms with Gasteiger partial charge in [0, 0.05) is 24.6 Å². The molecule has 0 bridgehead atoms. The summed E-state index contributed by atoms with van der Waals surface area (Å²) in [5, 5.41) is 4.25. The molecule has 0 N–H and O–H groups in total. The van der Waals surface area contributed by atoms with E-state index in [1.165, 1.54) is 11.1 Å². The number of aromatic nitrogens is 2. The van der Waals surface area contributed by atoms with E-state index in [2.05, 4.69) is 36.3 Å². The molecule has 2 aromatic carbocycles. The largest absolute Gasteiger partial charge is 0.338 e. The van der Waals surface area contributed by atoms with Gasteiger partial charge in [-0.15, -0.1) is 0 Å². The summed E-state index contributed by atoms with van der Waals surface area (Å²) in [5.74, 6) is 1.43. The van der Waals surface area contributed by atoms with Crippen molar-refractivity contribution < 1.29 is 9.32 Å².